The summed E-state index contributed by atoms with van der Waals surface area (Å²) in [4.78, 5) is 3.40. The Bertz CT molecular complexity index is 884. The van der Waals surface area contributed by atoms with E-state index in [4.69, 9.17) is 10.3 Å². The molecule has 0 amide bonds. The van der Waals surface area contributed by atoms with Crippen molar-refractivity contribution >= 4 is 19.7 Å². The van der Waals surface area contributed by atoms with E-state index in [1.165, 1.54) is 18.2 Å². The van der Waals surface area contributed by atoms with Gasteiger partial charge in [0, 0.05) is 18.1 Å². The van der Waals surface area contributed by atoms with Crippen molar-refractivity contribution in [1.82, 2.24) is 10.1 Å². The number of rotatable bonds is 4. The van der Waals surface area contributed by atoms with Gasteiger partial charge in [0.2, 0.25) is 11.7 Å². The van der Waals surface area contributed by atoms with E-state index >= 15 is 0 Å². The summed E-state index contributed by atoms with van der Waals surface area (Å²) in [7, 11) is -7.41. The van der Waals surface area contributed by atoms with Gasteiger partial charge in [-0.1, -0.05) is 5.16 Å². The lowest BCUT2D eigenvalue weighted by Gasteiger charge is -2.07. The average Bonchev–Trinajstić information content (AvgIpc) is 2.84. The molecule has 2 rings (SSSR count). The van der Waals surface area contributed by atoms with Crippen LogP contribution in [0.2, 0.25) is 0 Å². The monoisotopic (exact) mass is 331 g/mol. The number of nitrogens with zero attached hydrogens (tertiary/aromatic N) is 2. The number of hydrogen-bond acceptors (Lipinski definition) is 8. The summed E-state index contributed by atoms with van der Waals surface area (Å²) < 4.78 is 51.8. The zero-order chi connectivity index (χ0) is 15.8. The van der Waals surface area contributed by atoms with Crippen LogP contribution in [0.5, 0.6) is 0 Å². The van der Waals surface area contributed by atoms with Crippen LogP contribution < -0.4 is 5.73 Å². The minimum absolute atomic E-state index is 0.0490. The summed E-state index contributed by atoms with van der Waals surface area (Å²) in [6.45, 7) is 0.0490. The largest absolute Gasteiger partial charge is 0.338 e. The van der Waals surface area contributed by atoms with E-state index in [-0.39, 0.29) is 28.1 Å². The molecule has 0 saturated carbocycles. The van der Waals surface area contributed by atoms with Crippen molar-refractivity contribution in [2.75, 3.05) is 12.5 Å². The maximum atomic E-state index is 11.8. The van der Waals surface area contributed by atoms with Crippen LogP contribution in [-0.4, -0.2) is 39.5 Å². The Morgan fingerprint density at radius 1 is 1.10 bits per heavy atom. The van der Waals surface area contributed by atoms with E-state index in [0.717, 1.165) is 12.5 Å². The maximum Gasteiger partial charge on any atom is 0.240 e. The van der Waals surface area contributed by atoms with Gasteiger partial charge in [-0.2, -0.15) is 4.98 Å². The molecule has 2 aromatic rings. The van der Waals surface area contributed by atoms with Crippen LogP contribution in [0.1, 0.15) is 5.89 Å². The van der Waals surface area contributed by atoms with Gasteiger partial charge in [0.05, 0.1) is 16.3 Å². The summed E-state index contributed by atoms with van der Waals surface area (Å²) in [5, 5.41) is 3.66. The molecule has 10 heteroatoms. The zero-order valence-corrected chi connectivity index (χ0v) is 12.9. The van der Waals surface area contributed by atoms with E-state index in [1.807, 2.05) is 0 Å². The van der Waals surface area contributed by atoms with Crippen molar-refractivity contribution < 1.29 is 21.4 Å². The number of nitrogens with two attached hydrogens (primary N) is 1. The third kappa shape index (κ3) is 3.28. The lowest BCUT2D eigenvalue weighted by atomic mass is 10.2. The first-order valence-corrected chi connectivity index (χ1v) is 9.48. The fraction of sp³-hybridized carbons (Fsp3) is 0.273. The fourth-order valence-electron chi connectivity index (χ4n) is 1.70. The molecule has 0 atom stereocenters. The lowest BCUT2D eigenvalue weighted by Crippen LogP contribution is -2.07. The van der Waals surface area contributed by atoms with E-state index < -0.39 is 19.7 Å². The normalized spacial score (nSPS) is 12.5. The van der Waals surface area contributed by atoms with Gasteiger partial charge in [-0.3, -0.25) is 0 Å². The average molecular weight is 331 g/mol. The first-order chi connectivity index (χ1) is 9.63. The van der Waals surface area contributed by atoms with Crippen molar-refractivity contribution in [2.24, 2.45) is 5.73 Å². The van der Waals surface area contributed by atoms with Gasteiger partial charge < -0.3 is 10.3 Å². The fourth-order valence-corrected chi connectivity index (χ4v) is 4.12. The van der Waals surface area contributed by atoms with Crippen LogP contribution in [0, 0.1) is 0 Å². The second-order valence-corrected chi connectivity index (χ2v) is 8.39. The molecule has 8 nitrogen and oxygen atoms in total. The van der Waals surface area contributed by atoms with Gasteiger partial charge in [-0.15, -0.1) is 0 Å². The molecule has 0 unspecified atom stereocenters. The van der Waals surface area contributed by atoms with E-state index in [2.05, 4.69) is 10.1 Å². The minimum atomic E-state index is -3.74. The summed E-state index contributed by atoms with van der Waals surface area (Å²) >= 11 is 0. The van der Waals surface area contributed by atoms with Gasteiger partial charge in [-0.05, 0) is 18.2 Å². The van der Waals surface area contributed by atoms with Gasteiger partial charge in [0.15, 0.2) is 19.7 Å². The van der Waals surface area contributed by atoms with Crippen molar-refractivity contribution in [3.8, 4) is 11.4 Å². The lowest BCUT2D eigenvalue weighted by molar-refractivity contribution is 0.380. The first kappa shape index (κ1) is 15.6. The highest BCUT2D eigenvalue weighted by atomic mass is 32.2. The van der Waals surface area contributed by atoms with Crippen molar-refractivity contribution in [1.29, 1.82) is 0 Å². The third-order valence-corrected chi connectivity index (χ3v) is 5.06. The SMILES string of the molecule is CS(=O)(=O)c1ccc(-c2noc(CN)n2)cc1S(C)(=O)=O. The molecule has 1 aromatic heterocycles. The Morgan fingerprint density at radius 3 is 2.19 bits per heavy atom. The van der Waals surface area contributed by atoms with Gasteiger partial charge >= 0.3 is 0 Å². The van der Waals surface area contributed by atoms with Crippen molar-refractivity contribution in [2.45, 2.75) is 16.3 Å². The summed E-state index contributed by atoms with van der Waals surface area (Å²) in [5.74, 6) is 0.332. The van der Waals surface area contributed by atoms with Crippen molar-refractivity contribution in [3.05, 3.63) is 24.1 Å². The smallest absolute Gasteiger partial charge is 0.240 e. The number of benzene rings is 1. The van der Waals surface area contributed by atoms with Crippen LogP contribution in [-0.2, 0) is 26.2 Å². The Balaban J connectivity index is 2.68. The molecule has 0 aliphatic heterocycles. The topological polar surface area (TPSA) is 133 Å². The van der Waals surface area contributed by atoms with Gasteiger partial charge in [0.1, 0.15) is 0 Å². The Hall–Kier alpha value is -1.78. The van der Waals surface area contributed by atoms with Crippen LogP contribution >= 0.6 is 0 Å². The molecular formula is C11H13N3O5S2. The highest BCUT2D eigenvalue weighted by Crippen LogP contribution is 2.26. The Morgan fingerprint density at radius 2 is 1.71 bits per heavy atom. The quantitative estimate of drug-likeness (QED) is 0.827. The molecule has 2 N–H and O–H groups in total. The molecule has 0 fully saturated rings. The molecule has 1 aromatic carbocycles. The molecule has 1 heterocycles. The predicted molar refractivity (Wildman–Crippen MR) is 73.8 cm³/mol. The van der Waals surface area contributed by atoms with Crippen molar-refractivity contribution in [3.63, 3.8) is 0 Å². The molecule has 0 radical (unpaired) electrons. The first-order valence-electron chi connectivity index (χ1n) is 5.70. The zero-order valence-electron chi connectivity index (χ0n) is 11.3. The van der Waals surface area contributed by atoms with Gasteiger partial charge in [0.25, 0.3) is 0 Å². The van der Waals surface area contributed by atoms with Gasteiger partial charge in [-0.25, -0.2) is 16.8 Å². The summed E-state index contributed by atoms with van der Waals surface area (Å²) in [6, 6.07) is 3.83. The Labute approximate surface area is 121 Å². The van der Waals surface area contributed by atoms with Crippen LogP contribution in [0.25, 0.3) is 11.4 Å². The molecular weight excluding hydrogens is 318 g/mol. The third-order valence-electron chi connectivity index (χ3n) is 2.64. The predicted octanol–water partition coefficient (Wildman–Crippen LogP) is 0.00230. The number of aromatic nitrogens is 2. The molecule has 0 saturated heterocycles. The molecule has 0 aliphatic carbocycles. The van der Waals surface area contributed by atoms with E-state index in [0.29, 0.717) is 5.56 Å². The molecule has 114 valence electrons. The highest BCUT2D eigenvalue weighted by Gasteiger charge is 2.22. The molecule has 0 spiro atoms. The minimum Gasteiger partial charge on any atom is -0.338 e. The van der Waals surface area contributed by atoms with Crippen LogP contribution in [0.4, 0.5) is 0 Å². The van der Waals surface area contributed by atoms with Crippen LogP contribution in [0.15, 0.2) is 32.5 Å². The summed E-state index contributed by atoms with van der Waals surface area (Å²) in [6.07, 6.45) is 1.87. The number of hydrogen-bond donors (Lipinski definition) is 1. The summed E-state index contributed by atoms with van der Waals surface area (Å²) in [5.41, 5.74) is 5.68. The maximum absolute atomic E-state index is 11.8. The van der Waals surface area contributed by atoms with E-state index in [1.54, 1.807) is 0 Å². The second-order valence-electron chi connectivity index (χ2n) is 4.42. The standard InChI is InChI=1S/C11H13N3O5S2/c1-20(15,16)8-4-3-7(5-9(8)21(2,17)18)11-13-10(6-12)19-14-11/h3-5H,6,12H2,1-2H3. The molecule has 0 aliphatic rings. The van der Waals surface area contributed by atoms with Crippen LogP contribution in [0.3, 0.4) is 0 Å². The van der Waals surface area contributed by atoms with E-state index in [9.17, 15) is 16.8 Å². The highest BCUT2D eigenvalue weighted by molar-refractivity contribution is 7.93. The molecule has 0 bridgehead atoms. The second kappa shape index (κ2) is 5.20. The Kier molecular flexibility index (Phi) is 3.87. The molecule has 21 heavy (non-hydrogen) atoms. The number of sulfone groups is 2.